The predicted molar refractivity (Wildman–Crippen MR) is 75.9 cm³/mol. The van der Waals surface area contributed by atoms with Gasteiger partial charge in [0.25, 0.3) is 10.0 Å². The van der Waals surface area contributed by atoms with Gasteiger partial charge < -0.3 is 5.11 Å². The first kappa shape index (κ1) is 15.6. The number of hydrogen-bond donors (Lipinski definition) is 2. The third-order valence-electron chi connectivity index (χ3n) is 2.72. The van der Waals surface area contributed by atoms with E-state index in [4.69, 9.17) is 5.11 Å². The molecule has 2 heterocycles. The molecule has 2 rings (SSSR count). The Hall–Kier alpha value is -1.78. The summed E-state index contributed by atoms with van der Waals surface area (Å²) in [5.74, 6) is -1.02. The van der Waals surface area contributed by atoms with Crippen LogP contribution in [0.1, 0.15) is 20.4 Å². The van der Waals surface area contributed by atoms with Crippen molar-refractivity contribution in [3.05, 3.63) is 27.8 Å². The number of carbonyl (C=O) groups is 1. The SMILES string of the molecule is Cc1nc(CCNS(=O)(=O)c2ccnn2C)sc1C(=O)O. The lowest BCUT2D eigenvalue weighted by molar-refractivity contribution is 0.0701. The van der Waals surface area contributed by atoms with Gasteiger partial charge in [-0.15, -0.1) is 11.3 Å². The van der Waals surface area contributed by atoms with E-state index in [2.05, 4.69) is 14.8 Å². The van der Waals surface area contributed by atoms with Gasteiger partial charge in [-0.3, -0.25) is 4.68 Å². The summed E-state index contributed by atoms with van der Waals surface area (Å²) in [6.45, 7) is 1.75. The molecular weight excluding hydrogens is 316 g/mol. The Morgan fingerprint density at radius 3 is 2.76 bits per heavy atom. The van der Waals surface area contributed by atoms with E-state index in [1.54, 1.807) is 6.92 Å². The smallest absolute Gasteiger partial charge is 0.347 e. The summed E-state index contributed by atoms with van der Waals surface area (Å²) in [5, 5.41) is 13.4. The van der Waals surface area contributed by atoms with Crippen LogP contribution in [0.3, 0.4) is 0 Å². The highest BCUT2D eigenvalue weighted by atomic mass is 32.2. The van der Waals surface area contributed by atoms with E-state index >= 15 is 0 Å². The summed E-state index contributed by atoms with van der Waals surface area (Å²) < 4.78 is 27.7. The molecule has 0 aromatic carbocycles. The van der Waals surface area contributed by atoms with Crippen molar-refractivity contribution in [2.75, 3.05) is 6.54 Å². The Morgan fingerprint density at radius 1 is 1.52 bits per heavy atom. The molecule has 0 saturated heterocycles. The molecule has 21 heavy (non-hydrogen) atoms. The standard InChI is InChI=1S/C11H14N4O4S2/c1-7-10(11(16)17)20-8(14-7)3-6-13-21(18,19)9-4-5-12-15(9)2/h4-5,13H,3,6H2,1-2H3,(H,16,17). The molecule has 0 bridgehead atoms. The van der Waals surface area contributed by atoms with E-state index in [0.717, 1.165) is 11.3 Å². The second-order valence-corrected chi connectivity index (χ2v) is 7.07. The number of nitrogens with zero attached hydrogens (tertiary/aromatic N) is 3. The third-order valence-corrected chi connectivity index (χ3v) is 5.46. The number of aromatic nitrogens is 3. The normalized spacial score (nSPS) is 11.7. The van der Waals surface area contributed by atoms with Crippen LogP contribution in [0.25, 0.3) is 0 Å². The molecule has 2 N–H and O–H groups in total. The van der Waals surface area contributed by atoms with Gasteiger partial charge in [-0.1, -0.05) is 0 Å². The highest BCUT2D eigenvalue weighted by Crippen LogP contribution is 2.18. The Bertz CT molecular complexity index is 763. The number of sulfonamides is 1. The van der Waals surface area contributed by atoms with Gasteiger partial charge >= 0.3 is 5.97 Å². The van der Waals surface area contributed by atoms with Crippen molar-refractivity contribution >= 4 is 27.3 Å². The Kier molecular flexibility index (Phi) is 4.40. The fourth-order valence-electron chi connectivity index (χ4n) is 1.75. The van der Waals surface area contributed by atoms with Crippen LogP contribution in [0.5, 0.6) is 0 Å². The summed E-state index contributed by atoms with van der Waals surface area (Å²) in [5.41, 5.74) is 0.442. The molecule has 2 aromatic rings. The molecule has 0 unspecified atom stereocenters. The molecule has 114 valence electrons. The lowest BCUT2D eigenvalue weighted by Gasteiger charge is -2.05. The molecule has 0 radical (unpaired) electrons. The summed E-state index contributed by atoms with van der Waals surface area (Å²) in [6.07, 6.45) is 1.73. The molecule has 0 aliphatic rings. The maximum Gasteiger partial charge on any atom is 0.347 e. The monoisotopic (exact) mass is 330 g/mol. The minimum absolute atomic E-state index is 0.0732. The van der Waals surface area contributed by atoms with Crippen molar-refractivity contribution in [3.8, 4) is 0 Å². The first-order valence-corrected chi connectivity index (χ1v) is 8.28. The van der Waals surface area contributed by atoms with Gasteiger partial charge in [-0.25, -0.2) is 22.9 Å². The zero-order valence-electron chi connectivity index (χ0n) is 11.4. The van der Waals surface area contributed by atoms with Gasteiger partial charge in [0.2, 0.25) is 0 Å². The second kappa shape index (κ2) is 5.92. The quantitative estimate of drug-likeness (QED) is 0.792. The van der Waals surface area contributed by atoms with Crippen LogP contribution in [0.2, 0.25) is 0 Å². The summed E-state index contributed by atoms with van der Waals surface area (Å²) in [7, 11) is -2.09. The van der Waals surface area contributed by atoms with Crippen LogP contribution in [0.4, 0.5) is 0 Å². The maximum atomic E-state index is 12.0. The maximum absolute atomic E-state index is 12.0. The van der Waals surface area contributed by atoms with Crippen molar-refractivity contribution < 1.29 is 18.3 Å². The molecule has 10 heteroatoms. The lowest BCUT2D eigenvalue weighted by atomic mass is 10.4. The fraction of sp³-hybridized carbons (Fsp3) is 0.364. The molecule has 0 saturated carbocycles. The highest BCUT2D eigenvalue weighted by molar-refractivity contribution is 7.89. The molecule has 2 aromatic heterocycles. The first-order chi connectivity index (χ1) is 9.81. The third kappa shape index (κ3) is 3.46. The van der Waals surface area contributed by atoms with E-state index in [1.165, 1.54) is 24.0 Å². The van der Waals surface area contributed by atoms with Gasteiger partial charge in [-0.2, -0.15) is 5.10 Å². The average molecular weight is 330 g/mol. The summed E-state index contributed by atoms with van der Waals surface area (Å²) in [4.78, 5) is 15.2. The molecule has 0 aliphatic heterocycles. The van der Waals surface area contributed by atoms with E-state index in [0.29, 0.717) is 17.1 Å². The Morgan fingerprint density at radius 2 is 2.24 bits per heavy atom. The van der Waals surface area contributed by atoms with Gasteiger partial charge in [-0.05, 0) is 13.0 Å². The zero-order valence-corrected chi connectivity index (χ0v) is 13.0. The van der Waals surface area contributed by atoms with Crippen molar-refractivity contribution in [1.82, 2.24) is 19.5 Å². The van der Waals surface area contributed by atoms with E-state index < -0.39 is 16.0 Å². The number of hydrogen-bond acceptors (Lipinski definition) is 6. The summed E-state index contributed by atoms with van der Waals surface area (Å²) in [6, 6.07) is 1.40. The Balaban J connectivity index is 2.00. The fourth-order valence-corrected chi connectivity index (χ4v) is 3.81. The Labute approximate surface area is 125 Å². The van der Waals surface area contributed by atoms with Crippen molar-refractivity contribution in [2.45, 2.75) is 18.4 Å². The molecule has 0 aliphatic carbocycles. The van der Waals surface area contributed by atoms with E-state index in [-0.39, 0.29) is 16.4 Å². The number of nitrogens with one attached hydrogen (secondary N) is 1. The number of thiazole rings is 1. The highest BCUT2D eigenvalue weighted by Gasteiger charge is 2.18. The van der Waals surface area contributed by atoms with E-state index in [9.17, 15) is 13.2 Å². The number of rotatable bonds is 6. The topological polar surface area (TPSA) is 114 Å². The van der Waals surface area contributed by atoms with Crippen LogP contribution < -0.4 is 4.72 Å². The number of aryl methyl sites for hydroxylation is 2. The second-order valence-electron chi connectivity index (χ2n) is 4.27. The zero-order chi connectivity index (χ0) is 15.6. The van der Waals surface area contributed by atoms with Crippen LogP contribution in [0, 0.1) is 6.92 Å². The van der Waals surface area contributed by atoms with Crippen LogP contribution >= 0.6 is 11.3 Å². The average Bonchev–Trinajstić information content (AvgIpc) is 2.95. The van der Waals surface area contributed by atoms with Gasteiger partial charge in [0.15, 0.2) is 5.03 Å². The predicted octanol–water partition coefficient (Wildman–Crippen LogP) is 0.404. The van der Waals surface area contributed by atoms with Crippen LogP contribution in [0.15, 0.2) is 17.3 Å². The molecular formula is C11H14N4O4S2. The molecule has 0 fully saturated rings. The summed E-state index contributed by atoms with van der Waals surface area (Å²) >= 11 is 1.06. The van der Waals surface area contributed by atoms with Gasteiger partial charge in [0, 0.05) is 20.0 Å². The minimum atomic E-state index is -3.63. The molecule has 0 amide bonds. The van der Waals surface area contributed by atoms with Crippen molar-refractivity contribution in [2.24, 2.45) is 7.05 Å². The largest absolute Gasteiger partial charge is 0.477 e. The van der Waals surface area contributed by atoms with Gasteiger partial charge in [0.05, 0.1) is 16.9 Å². The number of aromatic carboxylic acids is 1. The first-order valence-electron chi connectivity index (χ1n) is 5.98. The van der Waals surface area contributed by atoms with E-state index in [1.807, 2.05) is 0 Å². The molecule has 0 spiro atoms. The number of carboxylic acid groups (broad SMARTS) is 1. The van der Waals surface area contributed by atoms with Crippen molar-refractivity contribution in [1.29, 1.82) is 0 Å². The van der Waals surface area contributed by atoms with Crippen molar-refractivity contribution in [3.63, 3.8) is 0 Å². The molecule has 8 nitrogen and oxygen atoms in total. The molecule has 0 atom stereocenters. The number of carboxylic acids is 1. The van der Waals surface area contributed by atoms with Crippen LogP contribution in [-0.4, -0.2) is 40.8 Å². The van der Waals surface area contributed by atoms with Crippen LogP contribution in [-0.2, 0) is 23.5 Å². The minimum Gasteiger partial charge on any atom is -0.477 e. The van der Waals surface area contributed by atoms with Gasteiger partial charge in [0.1, 0.15) is 4.88 Å². The lowest BCUT2D eigenvalue weighted by Crippen LogP contribution is -2.27.